The molecule has 0 aliphatic carbocycles. The van der Waals surface area contributed by atoms with Gasteiger partial charge in [0.15, 0.2) is 5.71 Å². The van der Waals surface area contributed by atoms with E-state index >= 15 is 0 Å². The number of nitrogens with one attached hydrogen (secondary N) is 1. The van der Waals surface area contributed by atoms with E-state index in [4.69, 9.17) is 10.0 Å². The number of carbonyl (C=O) groups is 2. The number of oxime groups is 1. The number of carbonyl (C=O) groups excluding carboxylic acids is 2. The van der Waals surface area contributed by atoms with Gasteiger partial charge in [-0.05, 0) is 31.9 Å². The van der Waals surface area contributed by atoms with Crippen LogP contribution >= 0.6 is 0 Å². The smallest absolute Gasteiger partial charge is 0.281 e. The van der Waals surface area contributed by atoms with E-state index in [0.717, 1.165) is 36.1 Å². The summed E-state index contributed by atoms with van der Waals surface area (Å²) < 4.78 is 0. The molecule has 1 aliphatic rings. The molecule has 24 heavy (non-hydrogen) atoms. The third kappa shape index (κ3) is 4.11. The molecule has 0 unspecified atom stereocenters. The van der Waals surface area contributed by atoms with E-state index in [0.29, 0.717) is 25.1 Å². The van der Waals surface area contributed by atoms with Crippen LogP contribution in [0.4, 0.5) is 5.69 Å². The molecule has 0 saturated carbocycles. The minimum Gasteiger partial charge on any atom is -0.398 e. The van der Waals surface area contributed by atoms with Gasteiger partial charge in [-0.3, -0.25) is 14.8 Å². The molecule has 0 bridgehead atoms. The molecule has 2 amide bonds. The van der Waals surface area contributed by atoms with Crippen LogP contribution in [-0.2, 0) is 14.4 Å². The van der Waals surface area contributed by atoms with Crippen LogP contribution in [0, 0.1) is 6.92 Å². The number of unbranched alkanes of at least 4 members (excludes halogenated alkanes) is 3. The van der Waals surface area contributed by atoms with Crippen molar-refractivity contribution in [3.8, 4) is 0 Å². The van der Waals surface area contributed by atoms with Crippen LogP contribution in [0.25, 0.3) is 0 Å². The van der Waals surface area contributed by atoms with Crippen molar-refractivity contribution in [2.75, 3.05) is 18.6 Å². The highest BCUT2D eigenvalue weighted by Crippen LogP contribution is 2.30. The van der Waals surface area contributed by atoms with Crippen molar-refractivity contribution in [3.05, 3.63) is 29.3 Å². The first-order valence-electron chi connectivity index (χ1n) is 8.05. The number of amides is 2. The molecular weight excluding hydrogens is 310 g/mol. The normalized spacial score (nSPS) is 14.9. The zero-order valence-corrected chi connectivity index (χ0v) is 14.0. The highest BCUT2D eigenvalue weighted by molar-refractivity contribution is 6.54. The largest absolute Gasteiger partial charge is 0.398 e. The maximum absolute atomic E-state index is 12.5. The van der Waals surface area contributed by atoms with Crippen LogP contribution in [0.2, 0.25) is 0 Å². The topological polar surface area (TPSA) is 91.2 Å². The van der Waals surface area contributed by atoms with E-state index in [2.05, 4.69) is 5.16 Å². The van der Waals surface area contributed by atoms with Gasteiger partial charge in [0.25, 0.3) is 5.91 Å². The molecule has 0 spiro atoms. The molecule has 7 nitrogen and oxygen atoms in total. The molecule has 7 heteroatoms. The minimum absolute atomic E-state index is 0.142. The lowest BCUT2D eigenvalue weighted by Gasteiger charge is -2.16. The van der Waals surface area contributed by atoms with E-state index in [-0.39, 0.29) is 11.8 Å². The number of fused-ring (bicyclic) bond motifs is 1. The summed E-state index contributed by atoms with van der Waals surface area (Å²) in [6.45, 7) is 2.57. The fourth-order valence-electron chi connectivity index (χ4n) is 2.79. The number of hydroxylamine groups is 1. The van der Waals surface area contributed by atoms with Crippen LogP contribution < -0.4 is 10.4 Å². The summed E-state index contributed by atoms with van der Waals surface area (Å²) in [4.78, 5) is 30.0. The second kappa shape index (κ2) is 8.44. The summed E-state index contributed by atoms with van der Waals surface area (Å²) in [5.41, 5.74) is 4.70. The van der Waals surface area contributed by atoms with Gasteiger partial charge in [0.2, 0.25) is 5.91 Å². The predicted molar refractivity (Wildman–Crippen MR) is 90.1 cm³/mol. The monoisotopic (exact) mass is 333 g/mol. The number of nitrogens with zero attached hydrogens (tertiary/aromatic N) is 2. The third-order valence-electron chi connectivity index (χ3n) is 3.99. The van der Waals surface area contributed by atoms with Crippen LogP contribution in [0.3, 0.4) is 0 Å². The molecule has 1 aliphatic heterocycles. The van der Waals surface area contributed by atoms with E-state index < -0.39 is 0 Å². The Bertz CT molecular complexity index is 643. The summed E-state index contributed by atoms with van der Waals surface area (Å²) in [6, 6.07) is 5.85. The molecule has 1 aromatic rings. The number of aryl methyl sites for hydroxylation is 1. The molecule has 2 N–H and O–H groups in total. The fraction of sp³-hybridized carbons (Fsp3) is 0.471. The number of anilines is 1. The van der Waals surface area contributed by atoms with E-state index in [1.807, 2.05) is 25.1 Å². The molecule has 0 atom stereocenters. The van der Waals surface area contributed by atoms with E-state index in [1.54, 1.807) is 10.4 Å². The molecule has 1 heterocycles. The van der Waals surface area contributed by atoms with Crippen molar-refractivity contribution in [1.82, 2.24) is 5.48 Å². The molecule has 130 valence electrons. The summed E-state index contributed by atoms with van der Waals surface area (Å²) in [7, 11) is 1.43. The highest BCUT2D eigenvalue weighted by Gasteiger charge is 2.34. The summed E-state index contributed by atoms with van der Waals surface area (Å²) in [5.74, 6) is -0.508. The standard InChI is InChI=1S/C17H23N3O4/c1-12-8-9-14-13(11-12)16(19-24-2)17(22)20(14)10-6-4-3-5-7-15(21)18-23/h8-9,11,23H,3-7,10H2,1-2H3,(H,18,21)/b19-16+. The van der Waals surface area contributed by atoms with Crippen LogP contribution in [0.15, 0.2) is 23.4 Å². The first kappa shape index (κ1) is 17.9. The molecule has 0 fully saturated rings. The lowest BCUT2D eigenvalue weighted by Crippen LogP contribution is -2.31. The van der Waals surface area contributed by atoms with Gasteiger partial charge >= 0.3 is 0 Å². The van der Waals surface area contributed by atoms with E-state index in [9.17, 15) is 9.59 Å². The fourth-order valence-corrected chi connectivity index (χ4v) is 2.79. The Morgan fingerprint density at radius 1 is 1.29 bits per heavy atom. The number of rotatable bonds is 8. The average molecular weight is 333 g/mol. The zero-order valence-electron chi connectivity index (χ0n) is 14.0. The van der Waals surface area contributed by atoms with Gasteiger partial charge in [-0.1, -0.05) is 29.6 Å². The lowest BCUT2D eigenvalue weighted by molar-refractivity contribution is -0.129. The van der Waals surface area contributed by atoms with Gasteiger partial charge in [0.05, 0.1) is 5.69 Å². The zero-order chi connectivity index (χ0) is 17.5. The first-order valence-corrected chi connectivity index (χ1v) is 8.05. The lowest BCUT2D eigenvalue weighted by atomic mass is 10.1. The molecule has 1 aromatic carbocycles. The summed E-state index contributed by atoms with van der Waals surface area (Å²) >= 11 is 0. The van der Waals surface area contributed by atoms with Crippen molar-refractivity contribution in [1.29, 1.82) is 0 Å². The molecule has 0 saturated heterocycles. The van der Waals surface area contributed by atoms with Gasteiger partial charge in [-0.15, -0.1) is 0 Å². The minimum atomic E-state index is -0.366. The number of hydrogen-bond acceptors (Lipinski definition) is 5. The van der Waals surface area contributed by atoms with Crippen LogP contribution in [0.1, 0.15) is 43.2 Å². The maximum atomic E-state index is 12.5. The van der Waals surface area contributed by atoms with Crippen molar-refractivity contribution in [2.45, 2.75) is 39.0 Å². The molecule has 0 aromatic heterocycles. The van der Waals surface area contributed by atoms with Crippen molar-refractivity contribution in [2.24, 2.45) is 5.16 Å². The third-order valence-corrected chi connectivity index (χ3v) is 3.99. The van der Waals surface area contributed by atoms with Gasteiger partial charge in [0, 0.05) is 18.5 Å². The molecule has 0 radical (unpaired) electrons. The maximum Gasteiger partial charge on any atom is 0.281 e. The van der Waals surface area contributed by atoms with Crippen molar-refractivity contribution < 1.29 is 19.6 Å². The Morgan fingerprint density at radius 3 is 2.75 bits per heavy atom. The Labute approximate surface area is 141 Å². The molecule has 2 rings (SSSR count). The van der Waals surface area contributed by atoms with Crippen molar-refractivity contribution in [3.63, 3.8) is 0 Å². The van der Waals surface area contributed by atoms with E-state index in [1.165, 1.54) is 7.11 Å². The molecular formula is C17H23N3O4. The van der Waals surface area contributed by atoms with Gasteiger partial charge in [-0.2, -0.15) is 0 Å². The SMILES string of the molecule is CO/N=C1/C(=O)N(CCCCCCC(=O)NO)c2ccc(C)cc21. The van der Waals surface area contributed by atoms with Gasteiger partial charge in [0.1, 0.15) is 7.11 Å². The summed E-state index contributed by atoms with van der Waals surface area (Å²) in [6.07, 6.45) is 3.63. The predicted octanol–water partition coefficient (Wildman–Crippen LogP) is 2.15. The number of benzene rings is 1. The second-order valence-electron chi connectivity index (χ2n) is 5.80. The van der Waals surface area contributed by atoms with Gasteiger partial charge < -0.3 is 9.74 Å². The second-order valence-corrected chi connectivity index (χ2v) is 5.80. The first-order chi connectivity index (χ1) is 11.6. The Balaban J connectivity index is 1.93. The number of hydrogen-bond donors (Lipinski definition) is 2. The average Bonchev–Trinajstić information content (AvgIpc) is 2.82. The quantitative estimate of drug-likeness (QED) is 0.433. The summed E-state index contributed by atoms with van der Waals surface area (Å²) in [5, 5.41) is 12.3. The highest BCUT2D eigenvalue weighted by atomic mass is 16.6. The van der Waals surface area contributed by atoms with Crippen LogP contribution in [0.5, 0.6) is 0 Å². The van der Waals surface area contributed by atoms with Crippen LogP contribution in [-0.4, -0.2) is 36.4 Å². The Kier molecular flexibility index (Phi) is 6.31. The van der Waals surface area contributed by atoms with Gasteiger partial charge in [-0.25, -0.2) is 5.48 Å². The Morgan fingerprint density at radius 2 is 2.04 bits per heavy atom. The Hall–Kier alpha value is -2.41. The van der Waals surface area contributed by atoms with Crippen molar-refractivity contribution >= 4 is 23.2 Å².